The molecule has 3 nitrogen and oxygen atoms in total. The molecule has 0 aromatic carbocycles. The highest BCUT2D eigenvalue weighted by Crippen LogP contribution is 2.73. The normalized spacial score (nSPS) is 44.8. The van der Waals surface area contributed by atoms with Gasteiger partial charge in [0.1, 0.15) is 0 Å². The molecule has 3 heteroatoms. The van der Waals surface area contributed by atoms with Gasteiger partial charge in [-0.2, -0.15) is 0 Å². The van der Waals surface area contributed by atoms with Gasteiger partial charge in [-0.15, -0.1) is 0 Å². The summed E-state index contributed by atoms with van der Waals surface area (Å²) in [6, 6.07) is 0. The SMILES string of the molecule is COC(=O)C(C)CCCC(C)C1CCC2(C)C3=CCC4C(C)(C)C(O)CCC4(C)C3CCC12C. The molecule has 4 aliphatic rings. The maximum atomic E-state index is 11.8. The van der Waals surface area contributed by atoms with Gasteiger partial charge < -0.3 is 9.84 Å². The number of rotatable bonds is 6. The maximum absolute atomic E-state index is 11.8. The summed E-state index contributed by atoms with van der Waals surface area (Å²) in [5.74, 6) is 2.68. The summed E-state index contributed by atoms with van der Waals surface area (Å²) in [4.78, 5) is 11.8. The summed E-state index contributed by atoms with van der Waals surface area (Å²) < 4.78 is 4.92. The Hall–Kier alpha value is -0.830. The second-order valence-corrected chi connectivity index (χ2v) is 14.1. The molecular formula is C31H52O3. The molecule has 0 aromatic heterocycles. The molecule has 3 fully saturated rings. The van der Waals surface area contributed by atoms with Crippen LogP contribution in [0.3, 0.4) is 0 Å². The Kier molecular flexibility index (Phi) is 6.89. The van der Waals surface area contributed by atoms with Gasteiger partial charge in [0.15, 0.2) is 0 Å². The maximum Gasteiger partial charge on any atom is 0.308 e. The van der Waals surface area contributed by atoms with Crippen LogP contribution in [0.4, 0.5) is 0 Å². The molecule has 1 N–H and O–H groups in total. The minimum absolute atomic E-state index is 0.00471. The Balaban J connectivity index is 1.52. The van der Waals surface area contributed by atoms with Crippen molar-refractivity contribution in [3.63, 3.8) is 0 Å². The van der Waals surface area contributed by atoms with Gasteiger partial charge in [0, 0.05) is 0 Å². The van der Waals surface area contributed by atoms with E-state index in [9.17, 15) is 9.90 Å². The molecular weight excluding hydrogens is 420 g/mol. The van der Waals surface area contributed by atoms with Gasteiger partial charge in [-0.3, -0.25) is 4.79 Å². The quantitative estimate of drug-likeness (QED) is 0.320. The van der Waals surface area contributed by atoms with Gasteiger partial charge in [0.25, 0.3) is 0 Å². The Morgan fingerprint density at radius 2 is 1.76 bits per heavy atom. The van der Waals surface area contributed by atoms with Crippen molar-refractivity contribution >= 4 is 5.97 Å². The van der Waals surface area contributed by atoms with Gasteiger partial charge >= 0.3 is 5.97 Å². The highest BCUT2D eigenvalue weighted by atomic mass is 16.5. The van der Waals surface area contributed by atoms with Crippen LogP contribution in [0.15, 0.2) is 11.6 Å². The van der Waals surface area contributed by atoms with E-state index in [0.29, 0.717) is 34.0 Å². The smallest absolute Gasteiger partial charge is 0.308 e. The van der Waals surface area contributed by atoms with Crippen molar-refractivity contribution in [2.75, 3.05) is 7.11 Å². The Morgan fingerprint density at radius 1 is 1.06 bits per heavy atom. The van der Waals surface area contributed by atoms with Crippen LogP contribution in [0.5, 0.6) is 0 Å². The standard InChI is InChI=1S/C31H52O3/c1-20(10-9-11-21(2)27(33)34-8)22-14-18-31(7)24-12-13-25-28(3,4)26(32)16-17-29(25,5)23(24)15-19-30(22,31)6/h12,20-23,25-26,32H,9-11,13-19H2,1-8H3. The summed E-state index contributed by atoms with van der Waals surface area (Å²) in [5.41, 5.74) is 2.80. The highest BCUT2D eigenvalue weighted by molar-refractivity contribution is 5.71. The Bertz CT molecular complexity index is 813. The zero-order valence-corrected chi connectivity index (χ0v) is 23.4. The molecule has 0 amide bonds. The number of methoxy groups -OCH3 is 1. The Morgan fingerprint density at radius 3 is 2.44 bits per heavy atom. The topological polar surface area (TPSA) is 46.5 Å². The fraction of sp³-hybridized carbons (Fsp3) is 0.903. The van der Waals surface area contributed by atoms with Gasteiger partial charge in [-0.05, 0) is 96.7 Å². The molecule has 0 radical (unpaired) electrons. The monoisotopic (exact) mass is 472 g/mol. The molecule has 9 atom stereocenters. The first-order valence-corrected chi connectivity index (χ1v) is 14.3. The molecule has 0 aromatic rings. The number of hydrogen-bond donors (Lipinski definition) is 1. The molecule has 9 unspecified atom stereocenters. The first-order valence-electron chi connectivity index (χ1n) is 14.3. The minimum atomic E-state index is -0.163. The van der Waals surface area contributed by atoms with Crippen LogP contribution >= 0.6 is 0 Å². The van der Waals surface area contributed by atoms with Crippen molar-refractivity contribution in [3.05, 3.63) is 11.6 Å². The summed E-state index contributed by atoms with van der Waals surface area (Å²) in [5, 5.41) is 10.8. The molecule has 4 aliphatic carbocycles. The van der Waals surface area contributed by atoms with Crippen molar-refractivity contribution in [1.82, 2.24) is 0 Å². The van der Waals surface area contributed by atoms with Gasteiger partial charge in [0.2, 0.25) is 0 Å². The summed E-state index contributed by atoms with van der Waals surface area (Å²) in [6.07, 6.45) is 14.4. The van der Waals surface area contributed by atoms with Crippen molar-refractivity contribution in [3.8, 4) is 0 Å². The predicted octanol–water partition coefficient (Wildman–Crippen LogP) is 7.57. The first kappa shape index (κ1) is 26.2. The van der Waals surface area contributed by atoms with Crippen LogP contribution in [-0.2, 0) is 9.53 Å². The van der Waals surface area contributed by atoms with E-state index in [1.54, 1.807) is 5.57 Å². The lowest BCUT2D eigenvalue weighted by Crippen LogP contribution is -2.58. The number of esters is 1. The molecule has 0 bridgehead atoms. The lowest BCUT2D eigenvalue weighted by atomic mass is 9.41. The zero-order chi connectivity index (χ0) is 25.1. The predicted molar refractivity (Wildman–Crippen MR) is 139 cm³/mol. The molecule has 3 saturated carbocycles. The molecule has 0 spiro atoms. The minimum Gasteiger partial charge on any atom is -0.469 e. The molecule has 0 heterocycles. The van der Waals surface area contributed by atoms with Crippen LogP contribution in [0.25, 0.3) is 0 Å². The van der Waals surface area contributed by atoms with E-state index in [1.165, 1.54) is 45.6 Å². The van der Waals surface area contributed by atoms with E-state index in [1.807, 2.05) is 6.92 Å². The van der Waals surface area contributed by atoms with Crippen molar-refractivity contribution < 1.29 is 14.6 Å². The molecule has 0 aliphatic heterocycles. The third-order valence-electron chi connectivity index (χ3n) is 12.5. The number of carbonyl (C=O) groups is 1. The van der Waals surface area contributed by atoms with Gasteiger partial charge in [-0.25, -0.2) is 0 Å². The van der Waals surface area contributed by atoms with E-state index in [2.05, 4.69) is 47.6 Å². The molecule has 4 rings (SSSR count). The lowest BCUT2D eigenvalue weighted by Gasteiger charge is -2.64. The van der Waals surface area contributed by atoms with Crippen LogP contribution in [0, 0.1) is 51.2 Å². The molecule has 194 valence electrons. The average molecular weight is 473 g/mol. The number of fused-ring (bicyclic) bond motifs is 5. The van der Waals surface area contributed by atoms with Crippen molar-refractivity contribution in [2.45, 2.75) is 119 Å². The van der Waals surface area contributed by atoms with Crippen molar-refractivity contribution in [1.29, 1.82) is 0 Å². The average Bonchev–Trinajstić information content (AvgIpc) is 3.07. The fourth-order valence-corrected chi connectivity index (χ4v) is 9.92. The lowest BCUT2D eigenvalue weighted by molar-refractivity contribution is -0.145. The summed E-state index contributed by atoms with van der Waals surface area (Å²) in [7, 11) is 1.50. The first-order chi connectivity index (χ1) is 15.8. The highest BCUT2D eigenvalue weighted by Gasteiger charge is 2.65. The number of carbonyl (C=O) groups excluding carboxylic acids is 1. The number of aliphatic hydroxyl groups is 1. The zero-order valence-electron chi connectivity index (χ0n) is 23.4. The Labute approximate surface area is 209 Å². The van der Waals surface area contributed by atoms with Crippen LogP contribution in [0.2, 0.25) is 0 Å². The third kappa shape index (κ3) is 3.73. The fourth-order valence-electron chi connectivity index (χ4n) is 9.92. The number of aliphatic hydroxyl groups excluding tert-OH is 1. The van der Waals surface area contributed by atoms with Crippen molar-refractivity contribution in [2.24, 2.45) is 51.2 Å². The van der Waals surface area contributed by atoms with Crippen LogP contribution < -0.4 is 0 Å². The largest absolute Gasteiger partial charge is 0.469 e. The van der Waals surface area contributed by atoms with Crippen LogP contribution in [0.1, 0.15) is 113 Å². The van der Waals surface area contributed by atoms with Crippen LogP contribution in [-0.4, -0.2) is 24.3 Å². The number of hydrogen-bond acceptors (Lipinski definition) is 3. The van der Waals surface area contributed by atoms with Gasteiger partial charge in [-0.1, -0.05) is 73.0 Å². The van der Waals surface area contributed by atoms with E-state index in [4.69, 9.17) is 4.74 Å². The number of allylic oxidation sites excluding steroid dienone is 2. The van der Waals surface area contributed by atoms with Gasteiger partial charge in [0.05, 0.1) is 19.1 Å². The third-order valence-corrected chi connectivity index (χ3v) is 12.5. The second kappa shape index (κ2) is 8.93. The summed E-state index contributed by atoms with van der Waals surface area (Å²) in [6.45, 7) is 16.9. The van der Waals surface area contributed by atoms with E-state index in [-0.39, 0.29) is 23.4 Å². The second-order valence-electron chi connectivity index (χ2n) is 14.1. The molecule has 34 heavy (non-hydrogen) atoms. The van der Waals surface area contributed by atoms with E-state index >= 15 is 0 Å². The van der Waals surface area contributed by atoms with E-state index in [0.717, 1.165) is 31.6 Å². The summed E-state index contributed by atoms with van der Waals surface area (Å²) >= 11 is 0. The number of ether oxygens (including phenoxy) is 1. The molecule has 0 saturated heterocycles. The van der Waals surface area contributed by atoms with E-state index < -0.39 is 0 Å².